The fraction of sp³-hybridized carbons (Fsp3) is 0.682. The van der Waals surface area contributed by atoms with Crippen molar-refractivity contribution in [2.24, 2.45) is 0 Å². The summed E-state index contributed by atoms with van der Waals surface area (Å²) in [5, 5.41) is 0. The molecule has 1 amide bonds. The summed E-state index contributed by atoms with van der Waals surface area (Å²) >= 11 is 1.75. The number of rotatable bonds is 12. The van der Waals surface area contributed by atoms with Crippen molar-refractivity contribution in [1.82, 2.24) is 9.80 Å². The van der Waals surface area contributed by atoms with Gasteiger partial charge in [-0.1, -0.05) is 6.92 Å². The van der Waals surface area contributed by atoms with Crippen molar-refractivity contribution in [3.8, 4) is 11.5 Å². The highest BCUT2D eigenvalue weighted by Gasteiger charge is 2.36. The van der Waals surface area contributed by atoms with Crippen molar-refractivity contribution >= 4 is 23.4 Å². The van der Waals surface area contributed by atoms with Crippen LogP contribution < -0.4 is 15.2 Å². The minimum absolute atomic E-state index is 0.0196. The first-order chi connectivity index (χ1) is 14.4. The van der Waals surface area contributed by atoms with Crippen LogP contribution in [0, 0.1) is 0 Å². The number of amides is 1. The first-order valence-electron chi connectivity index (χ1n) is 10.7. The SMILES string of the molecule is CCOC(SCC)[C@@H]1CCCN1C(=O)c1cc(OC)c(OCCCN(C)C)cc1N. The second-order valence-electron chi connectivity index (χ2n) is 7.58. The van der Waals surface area contributed by atoms with Crippen LogP contribution in [0.3, 0.4) is 0 Å². The fourth-order valence-electron chi connectivity index (χ4n) is 3.68. The molecule has 0 radical (unpaired) electrons. The Balaban J connectivity index is 2.18. The number of anilines is 1. The Kier molecular flexibility index (Phi) is 10.1. The quantitative estimate of drug-likeness (QED) is 0.304. The molecule has 170 valence electrons. The maximum atomic E-state index is 13.4. The van der Waals surface area contributed by atoms with Gasteiger partial charge in [0.2, 0.25) is 0 Å². The van der Waals surface area contributed by atoms with E-state index < -0.39 is 0 Å². The van der Waals surface area contributed by atoms with Crippen molar-refractivity contribution < 1.29 is 19.0 Å². The zero-order chi connectivity index (χ0) is 22.1. The van der Waals surface area contributed by atoms with E-state index in [1.807, 2.05) is 25.9 Å². The molecule has 1 heterocycles. The maximum absolute atomic E-state index is 13.4. The van der Waals surface area contributed by atoms with Crippen LogP contribution in [0.15, 0.2) is 12.1 Å². The molecule has 0 spiro atoms. The third-order valence-corrected chi connectivity index (χ3v) is 6.22. The molecule has 1 aromatic rings. The Morgan fingerprint density at radius 1 is 1.33 bits per heavy atom. The summed E-state index contributed by atoms with van der Waals surface area (Å²) < 4.78 is 17.3. The number of nitrogens with two attached hydrogens (primary N) is 1. The topological polar surface area (TPSA) is 77.3 Å². The van der Waals surface area contributed by atoms with E-state index in [0.29, 0.717) is 42.5 Å². The summed E-state index contributed by atoms with van der Waals surface area (Å²) in [5.74, 6) is 1.96. The van der Waals surface area contributed by atoms with Crippen LogP contribution in [-0.4, -0.2) is 80.4 Å². The highest BCUT2D eigenvalue weighted by molar-refractivity contribution is 7.99. The van der Waals surface area contributed by atoms with Crippen LogP contribution in [0.5, 0.6) is 11.5 Å². The zero-order valence-corrected chi connectivity index (χ0v) is 19.8. The van der Waals surface area contributed by atoms with Gasteiger partial charge >= 0.3 is 0 Å². The second kappa shape index (κ2) is 12.3. The zero-order valence-electron chi connectivity index (χ0n) is 19.0. The molecular weight excluding hydrogens is 402 g/mol. The minimum Gasteiger partial charge on any atom is -0.493 e. The molecule has 2 rings (SSSR count). The number of carbonyl (C=O) groups excluding carboxylic acids is 1. The van der Waals surface area contributed by atoms with Crippen LogP contribution >= 0.6 is 11.8 Å². The van der Waals surface area contributed by atoms with Gasteiger partial charge in [-0.15, -0.1) is 11.8 Å². The third-order valence-electron chi connectivity index (χ3n) is 5.11. The van der Waals surface area contributed by atoms with Crippen LogP contribution in [0.25, 0.3) is 0 Å². The molecule has 1 fully saturated rings. The molecule has 1 aliphatic heterocycles. The number of likely N-dealkylation sites (tertiary alicyclic amines) is 1. The van der Waals surface area contributed by atoms with Crippen molar-refractivity contribution in [3.63, 3.8) is 0 Å². The molecule has 0 aromatic heterocycles. The lowest BCUT2D eigenvalue weighted by Crippen LogP contribution is -2.43. The van der Waals surface area contributed by atoms with E-state index in [2.05, 4.69) is 11.8 Å². The van der Waals surface area contributed by atoms with E-state index in [9.17, 15) is 4.79 Å². The van der Waals surface area contributed by atoms with E-state index >= 15 is 0 Å². The molecule has 8 heteroatoms. The average Bonchev–Trinajstić information content (AvgIpc) is 3.20. The molecule has 0 saturated carbocycles. The lowest BCUT2D eigenvalue weighted by atomic mass is 10.1. The third kappa shape index (κ3) is 6.43. The summed E-state index contributed by atoms with van der Waals surface area (Å²) in [6.45, 7) is 6.93. The molecule has 2 N–H and O–H groups in total. The van der Waals surface area contributed by atoms with Crippen LogP contribution in [0.2, 0.25) is 0 Å². The van der Waals surface area contributed by atoms with E-state index in [1.165, 1.54) is 0 Å². The summed E-state index contributed by atoms with van der Waals surface area (Å²) in [4.78, 5) is 17.4. The number of methoxy groups -OCH3 is 1. The molecule has 1 aliphatic rings. The van der Waals surface area contributed by atoms with Crippen molar-refractivity contribution in [1.29, 1.82) is 0 Å². The minimum atomic E-state index is -0.0751. The van der Waals surface area contributed by atoms with Gasteiger partial charge in [0.1, 0.15) is 5.44 Å². The Bertz CT molecular complexity index is 681. The second-order valence-corrected chi connectivity index (χ2v) is 8.96. The molecule has 0 aliphatic carbocycles. The number of hydrogen-bond donors (Lipinski definition) is 1. The van der Waals surface area contributed by atoms with Crippen molar-refractivity contribution in [2.75, 3.05) is 59.0 Å². The summed E-state index contributed by atoms with van der Waals surface area (Å²) in [6.07, 6.45) is 2.79. The number of thioether (sulfide) groups is 1. The van der Waals surface area contributed by atoms with Gasteiger partial charge in [-0.3, -0.25) is 4.79 Å². The number of nitrogen functional groups attached to an aromatic ring is 1. The van der Waals surface area contributed by atoms with Gasteiger partial charge in [-0.2, -0.15) is 0 Å². The fourth-order valence-corrected chi connectivity index (χ4v) is 4.74. The number of hydrogen-bond acceptors (Lipinski definition) is 7. The first-order valence-corrected chi connectivity index (χ1v) is 11.8. The predicted molar refractivity (Wildman–Crippen MR) is 124 cm³/mol. The summed E-state index contributed by atoms with van der Waals surface area (Å²) in [7, 11) is 5.63. The van der Waals surface area contributed by atoms with Gasteiger partial charge in [-0.05, 0) is 52.1 Å². The first kappa shape index (κ1) is 24.6. The van der Waals surface area contributed by atoms with Crippen molar-refractivity contribution in [3.05, 3.63) is 17.7 Å². The van der Waals surface area contributed by atoms with Crippen LogP contribution in [0.4, 0.5) is 5.69 Å². The molecule has 2 atom stereocenters. The molecule has 0 bridgehead atoms. The monoisotopic (exact) mass is 439 g/mol. The standard InChI is InChI=1S/C22H37N3O4S/c1-6-28-22(30-7-2)18-10-8-12-25(18)21(26)16-14-19(27-5)20(15-17(16)23)29-13-9-11-24(3)4/h14-15,18,22H,6-13,23H2,1-5H3/t18-,22?/m0/s1. The maximum Gasteiger partial charge on any atom is 0.256 e. The molecule has 1 unspecified atom stereocenters. The molecule has 1 aromatic carbocycles. The molecular formula is C22H37N3O4S. The van der Waals surface area contributed by atoms with Crippen LogP contribution in [0.1, 0.15) is 43.5 Å². The lowest BCUT2D eigenvalue weighted by molar-refractivity contribution is 0.0461. The highest BCUT2D eigenvalue weighted by atomic mass is 32.2. The van der Waals surface area contributed by atoms with E-state index in [-0.39, 0.29) is 17.4 Å². The average molecular weight is 440 g/mol. The number of benzene rings is 1. The largest absolute Gasteiger partial charge is 0.493 e. The smallest absolute Gasteiger partial charge is 0.256 e. The van der Waals surface area contributed by atoms with Crippen LogP contribution in [-0.2, 0) is 4.74 Å². The van der Waals surface area contributed by atoms with E-state index in [0.717, 1.165) is 31.6 Å². The summed E-state index contributed by atoms with van der Waals surface area (Å²) in [6, 6.07) is 3.46. The van der Waals surface area contributed by atoms with Gasteiger partial charge in [0.25, 0.3) is 5.91 Å². The lowest BCUT2D eigenvalue weighted by Gasteiger charge is -2.31. The number of carbonyl (C=O) groups is 1. The Morgan fingerprint density at radius 3 is 2.73 bits per heavy atom. The highest BCUT2D eigenvalue weighted by Crippen LogP contribution is 2.35. The molecule has 7 nitrogen and oxygen atoms in total. The molecule has 30 heavy (non-hydrogen) atoms. The normalized spacial score (nSPS) is 17.4. The van der Waals surface area contributed by atoms with Gasteiger partial charge < -0.3 is 29.7 Å². The Labute approximate surface area is 185 Å². The number of nitrogens with zero attached hydrogens (tertiary/aromatic N) is 2. The van der Waals surface area contributed by atoms with E-state index in [4.69, 9.17) is 19.9 Å². The van der Waals surface area contributed by atoms with Gasteiger partial charge in [0, 0.05) is 31.5 Å². The van der Waals surface area contributed by atoms with E-state index in [1.54, 1.807) is 31.0 Å². The Morgan fingerprint density at radius 2 is 2.10 bits per heavy atom. The van der Waals surface area contributed by atoms with Gasteiger partial charge in [0.05, 0.1) is 25.3 Å². The predicted octanol–water partition coefficient (Wildman–Crippen LogP) is 3.33. The van der Waals surface area contributed by atoms with Gasteiger partial charge in [0.15, 0.2) is 11.5 Å². The van der Waals surface area contributed by atoms with Gasteiger partial charge in [-0.25, -0.2) is 0 Å². The summed E-state index contributed by atoms with van der Waals surface area (Å²) in [5.41, 5.74) is 7.12. The molecule has 1 saturated heterocycles. The van der Waals surface area contributed by atoms with Crippen molar-refractivity contribution in [2.45, 2.75) is 44.6 Å². The Hall–Kier alpha value is -1.64. The number of ether oxygens (including phenoxy) is 3.